The minimum absolute atomic E-state index is 0.0279. The number of nitrogens with one attached hydrogen (secondary N) is 1. The number of hydrogen-bond donors (Lipinski definition) is 3. The first kappa shape index (κ1) is 32.4. The number of halogens is 7. The normalized spacial score (nSPS) is 19.0. The van der Waals surface area contributed by atoms with E-state index in [1.165, 1.54) is 37.3 Å². The number of nitrogens with two attached hydrogens (primary N) is 1. The fraction of sp³-hybridized carbons (Fsp3) is 0.414. The van der Waals surface area contributed by atoms with Crippen molar-refractivity contribution in [2.75, 3.05) is 30.3 Å². The zero-order chi connectivity index (χ0) is 32.7. The van der Waals surface area contributed by atoms with Gasteiger partial charge in [0.05, 0.1) is 0 Å². The molecule has 5 rings (SSSR count). The molecular weight excluding hydrogens is 632 g/mol. The maximum atomic E-state index is 14.6. The Morgan fingerprint density at radius 2 is 1.82 bits per heavy atom. The van der Waals surface area contributed by atoms with Crippen molar-refractivity contribution < 1.29 is 45.7 Å². The van der Waals surface area contributed by atoms with Gasteiger partial charge in [0.15, 0.2) is 0 Å². The number of ether oxygens (including phenoxy) is 2. The van der Waals surface area contributed by atoms with Crippen molar-refractivity contribution in [2.24, 2.45) is 5.41 Å². The average molecular weight is 660 g/mol. The summed E-state index contributed by atoms with van der Waals surface area (Å²) < 4.78 is 91.5. The van der Waals surface area contributed by atoms with Gasteiger partial charge in [-0.15, -0.1) is 13.2 Å². The Hall–Kier alpha value is -3.98. The number of aliphatic carboxylic acids is 1. The molecule has 0 bridgehead atoms. The molecule has 0 aliphatic carbocycles. The Bertz CT molecular complexity index is 1580. The van der Waals surface area contributed by atoms with Gasteiger partial charge in [0, 0.05) is 36.3 Å². The number of benzene rings is 2. The highest BCUT2D eigenvalue weighted by molar-refractivity contribution is 6.30. The van der Waals surface area contributed by atoms with Crippen LogP contribution in [0.4, 0.5) is 38.1 Å². The van der Waals surface area contributed by atoms with E-state index in [0.29, 0.717) is 38.9 Å². The number of aromatic nitrogens is 2. The molecular formula is C29H28ClF6N5O4. The lowest BCUT2D eigenvalue weighted by atomic mass is 9.76. The quantitative estimate of drug-likeness (QED) is 0.251. The first-order valence-electron chi connectivity index (χ1n) is 13.8. The van der Waals surface area contributed by atoms with Crippen LogP contribution >= 0.6 is 11.6 Å². The molecule has 2 fully saturated rings. The first-order chi connectivity index (χ1) is 21.0. The maximum Gasteiger partial charge on any atom is 0.573 e. The second-order valence-corrected chi connectivity index (χ2v) is 11.6. The molecule has 2 aromatic carbocycles. The van der Waals surface area contributed by atoms with Crippen molar-refractivity contribution >= 4 is 29.3 Å². The Labute approximate surface area is 258 Å². The summed E-state index contributed by atoms with van der Waals surface area (Å²) in [6, 6.07) is 7.71. The summed E-state index contributed by atoms with van der Waals surface area (Å²) in [7, 11) is 0. The van der Waals surface area contributed by atoms with Gasteiger partial charge in [0.1, 0.15) is 17.6 Å². The van der Waals surface area contributed by atoms with Gasteiger partial charge in [-0.3, -0.25) is 4.79 Å². The van der Waals surface area contributed by atoms with Gasteiger partial charge in [-0.1, -0.05) is 23.7 Å². The van der Waals surface area contributed by atoms with Gasteiger partial charge in [-0.2, -0.15) is 23.1 Å². The molecule has 1 spiro atoms. The summed E-state index contributed by atoms with van der Waals surface area (Å²) >= 11 is 6.13. The number of carboxylic acid groups (broad SMARTS) is 1. The molecule has 2 atom stereocenters. The fourth-order valence-corrected chi connectivity index (χ4v) is 6.00. The summed E-state index contributed by atoms with van der Waals surface area (Å²) in [6.45, 7) is 2.79. The Balaban J connectivity index is 1.42. The number of carboxylic acids is 1. The lowest BCUT2D eigenvalue weighted by molar-refractivity contribution is -0.274. The highest BCUT2D eigenvalue weighted by Gasteiger charge is 2.46. The van der Waals surface area contributed by atoms with Crippen molar-refractivity contribution in [3.05, 3.63) is 58.6 Å². The van der Waals surface area contributed by atoms with Crippen LogP contribution < -0.4 is 25.4 Å². The molecule has 0 amide bonds. The molecule has 242 valence electrons. The van der Waals surface area contributed by atoms with Crippen LogP contribution in [0.25, 0.3) is 11.1 Å². The molecule has 2 saturated heterocycles. The topological polar surface area (TPSA) is 123 Å². The molecule has 2 aliphatic rings. The summed E-state index contributed by atoms with van der Waals surface area (Å²) in [5, 5.41) is 12.5. The van der Waals surface area contributed by atoms with Gasteiger partial charge in [-0.25, -0.2) is 0 Å². The van der Waals surface area contributed by atoms with Crippen molar-refractivity contribution in [1.82, 2.24) is 15.3 Å². The number of aryl methyl sites for hydroxylation is 1. The van der Waals surface area contributed by atoms with E-state index in [1.54, 1.807) is 0 Å². The summed E-state index contributed by atoms with van der Waals surface area (Å²) in [6.07, 6.45) is -10.7. The van der Waals surface area contributed by atoms with Crippen molar-refractivity contribution in [3.8, 4) is 22.8 Å². The highest BCUT2D eigenvalue weighted by atomic mass is 35.5. The maximum absolute atomic E-state index is 14.6. The van der Waals surface area contributed by atoms with E-state index in [1.807, 2.05) is 4.90 Å². The van der Waals surface area contributed by atoms with E-state index in [0.717, 1.165) is 12.1 Å². The summed E-state index contributed by atoms with van der Waals surface area (Å²) in [5.41, 5.74) is 5.45. The van der Waals surface area contributed by atoms with Crippen LogP contribution in [0.15, 0.2) is 42.5 Å². The molecule has 2 aliphatic heterocycles. The zero-order valence-corrected chi connectivity index (χ0v) is 24.4. The van der Waals surface area contributed by atoms with Gasteiger partial charge in [0.25, 0.3) is 0 Å². The predicted molar refractivity (Wildman–Crippen MR) is 152 cm³/mol. The second kappa shape index (κ2) is 12.1. The standard InChI is InChI=1S/C29H28ClF6N5O4/c1-15-10-16(2-5-21(15)45-29(34,35)36)19-11-17(30)3-4-18(19)24(28(31,32)33)44-23-12-22(39-26(37)40-23)41-8-6-27(7-9-41)13-20(25(42)43)38-14-27/h2-5,10-12,20,24,38H,6-9,13-14H2,1H3,(H,42,43)(H2,37,39,40). The van der Waals surface area contributed by atoms with Crippen LogP contribution in [-0.4, -0.2) is 59.3 Å². The van der Waals surface area contributed by atoms with Crippen LogP contribution in [-0.2, 0) is 4.79 Å². The predicted octanol–water partition coefficient (Wildman–Crippen LogP) is 6.30. The number of rotatable bonds is 7. The molecule has 3 heterocycles. The molecule has 2 unspecified atom stereocenters. The van der Waals surface area contributed by atoms with Crippen molar-refractivity contribution in [3.63, 3.8) is 0 Å². The zero-order valence-electron chi connectivity index (χ0n) is 23.7. The smallest absolute Gasteiger partial charge is 0.480 e. The number of carbonyl (C=O) groups is 1. The van der Waals surface area contributed by atoms with Crippen LogP contribution in [0.2, 0.25) is 5.02 Å². The van der Waals surface area contributed by atoms with E-state index in [-0.39, 0.29) is 44.5 Å². The Kier molecular flexibility index (Phi) is 8.70. The number of anilines is 2. The van der Waals surface area contributed by atoms with Gasteiger partial charge >= 0.3 is 18.5 Å². The lowest BCUT2D eigenvalue weighted by Crippen LogP contribution is -2.41. The fourth-order valence-electron chi connectivity index (χ4n) is 5.83. The van der Waals surface area contributed by atoms with E-state index >= 15 is 0 Å². The first-order valence-corrected chi connectivity index (χ1v) is 14.1. The van der Waals surface area contributed by atoms with Gasteiger partial charge in [0.2, 0.25) is 17.9 Å². The minimum Gasteiger partial charge on any atom is -0.480 e. The third-order valence-electron chi connectivity index (χ3n) is 8.06. The lowest BCUT2D eigenvalue weighted by Gasteiger charge is -2.39. The Morgan fingerprint density at radius 1 is 1.11 bits per heavy atom. The van der Waals surface area contributed by atoms with E-state index in [2.05, 4.69) is 20.0 Å². The van der Waals surface area contributed by atoms with Crippen molar-refractivity contribution in [1.29, 1.82) is 0 Å². The van der Waals surface area contributed by atoms with E-state index in [4.69, 9.17) is 22.1 Å². The van der Waals surface area contributed by atoms with Gasteiger partial charge < -0.3 is 30.5 Å². The molecule has 0 saturated carbocycles. The summed E-state index contributed by atoms with van der Waals surface area (Å²) in [4.78, 5) is 21.3. The highest BCUT2D eigenvalue weighted by Crippen LogP contribution is 2.44. The van der Waals surface area contributed by atoms with Crippen LogP contribution in [0.1, 0.15) is 36.5 Å². The third kappa shape index (κ3) is 7.47. The third-order valence-corrected chi connectivity index (χ3v) is 8.29. The van der Waals surface area contributed by atoms with E-state index in [9.17, 15) is 36.2 Å². The molecule has 1 aromatic heterocycles. The number of nitrogen functional groups attached to an aromatic ring is 1. The van der Waals surface area contributed by atoms with E-state index < -0.39 is 42.3 Å². The van der Waals surface area contributed by atoms with Crippen LogP contribution in [0, 0.1) is 12.3 Å². The second-order valence-electron chi connectivity index (χ2n) is 11.2. The molecule has 0 radical (unpaired) electrons. The van der Waals surface area contributed by atoms with Gasteiger partial charge in [-0.05, 0) is 72.6 Å². The molecule has 4 N–H and O–H groups in total. The van der Waals surface area contributed by atoms with Crippen LogP contribution in [0.5, 0.6) is 11.6 Å². The molecule has 45 heavy (non-hydrogen) atoms. The Morgan fingerprint density at radius 3 is 2.42 bits per heavy atom. The number of nitrogens with zero attached hydrogens (tertiary/aromatic N) is 3. The van der Waals surface area contributed by atoms with Crippen molar-refractivity contribution in [2.45, 2.75) is 50.9 Å². The largest absolute Gasteiger partial charge is 0.573 e. The minimum atomic E-state index is -4.97. The number of piperidine rings is 1. The average Bonchev–Trinajstić information content (AvgIpc) is 3.35. The SMILES string of the molecule is Cc1cc(-c2cc(Cl)ccc2C(Oc2cc(N3CCC4(CC3)CNC(C(=O)O)C4)nc(N)n2)C(F)(F)F)ccc1OC(F)(F)F. The monoisotopic (exact) mass is 659 g/mol. The number of hydrogen-bond acceptors (Lipinski definition) is 8. The molecule has 3 aromatic rings. The molecule has 9 nitrogen and oxygen atoms in total. The van der Waals surface area contributed by atoms with Crippen LogP contribution in [0.3, 0.4) is 0 Å². The number of alkyl halides is 6. The summed E-state index contributed by atoms with van der Waals surface area (Å²) in [5.74, 6) is -1.92. The molecule has 16 heteroatoms.